The summed E-state index contributed by atoms with van der Waals surface area (Å²) < 4.78 is 0. The lowest BCUT2D eigenvalue weighted by molar-refractivity contribution is -0.195. The molecule has 1 aliphatic heterocycles. The first-order valence-corrected chi connectivity index (χ1v) is 25.8. The van der Waals surface area contributed by atoms with Crippen LogP contribution in [-0.4, -0.2) is 51.5 Å². The van der Waals surface area contributed by atoms with Crippen molar-refractivity contribution < 1.29 is 24.0 Å². The summed E-state index contributed by atoms with van der Waals surface area (Å²) in [6.07, 6.45) is 50.5. The number of hydroxylamine groups is 2. The normalized spacial score (nSPS) is 21.8. The van der Waals surface area contributed by atoms with Crippen molar-refractivity contribution >= 4 is 55.6 Å². The monoisotopic (exact) mass is 917 g/mol. The Morgan fingerprint density at radius 2 is 0.750 bits per heavy atom. The van der Waals surface area contributed by atoms with E-state index in [1.165, 1.54) is 231 Å². The maximum Gasteiger partial charge on any atom is 0.343 e. The zero-order valence-electron chi connectivity index (χ0n) is 35.8. The second-order valence-corrected chi connectivity index (χ2v) is 17.9. The molecule has 0 aromatic heterocycles. The van der Waals surface area contributed by atoms with Crippen LogP contribution in [-0.2, 0) is 24.0 Å². The zero-order chi connectivity index (χ0) is 40.7. The summed E-state index contributed by atoms with van der Waals surface area (Å²) in [4.78, 5) is 48.5. The van der Waals surface area contributed by atoms with Crippen LogP contribution in [0.4, 0.5) is 0 Å². The largest absolute Gasteiger partial charge is 0.353 e. The first-order chi connectivity index (χ1) is 27.4. The van der Waals surface area contributed by atoms with Gasteiger partial charge in [0.2, 0.25) is 5.91 Å². The summed E-state index contributed by atoms with van der Waals surface area (Å²) in [6.45, 7) is 0. The van der Waals surface area contributed by atoms with E-state index >= 15 is 0 Å². The summed E-state index contributed by atoms with van der Waals surface area (Å²) in [7, 11) is 0. The first-order valence-electron chi connectivity index (χ1n) is 23.6. The second-order valence-electron chi connectivity index (χ2n) is 16.8. The number of hydrogen-bond acceptors (Lipinski definition) is 6. The molecule has 1 heterocycles. The molecule has 0 atom stereocenters. The molecule has 3 rings (SSSR count). The fourth-order valence-corrected chi connectivity index (χ4v) is 8.29. The lowest BCUT2D eigenvalue weighted by atomic mass is 10.00. The molecule has 2 saturated carbocycles. The van der Waals surface area contributed by atoms with Crippen LogP contribution in [0.15, 0.2) is 0 Å². The SMILES string of the molecule is NC1CCCCCCCCCCCCCCCCCC1.O=C(CBr)NC1CCCCCCCCCCCCCCCCCC1.O=C(CBr)ON1C(=O)CCC1=O. The maximum absolute atomic E-state index is 11.7. The molecule has 2 aliphatic carbocycles. The van der Waals surface area contributed by atoms with Crippen molar-refractivity contribution in [2.24, 2.45) is 5.73 Å². The van der Waals surface area contributed by atoms with Crippen LogP contribution in [0.3, 0.4) is 0 Å². The van der Waals surface area contributed by atoms with Crippen LogP contribution in [0.25, 0.3) is 0 Å². The van der Waals surface area contributed by atoms with E-state index in [1.54, 1.807) is 0 Å². The number of nitrogens with zero attached hydrogens (tertiary/aromatic N) is 1. The van der Waals surface area contributed by atoms with E-state index in [9.17, 15) is 19.2 Å². The van der Waals surface area contributed by atoms with Crippen molar-refractivity contribution in [1.29, 1.82) is 0 Å². The van der Waals surface area contributed by atoms with Gasteiger partial charge in [-0.2, -0.15) is 0 Å². The summed E-state index contributed by atoms with van der Waals surface area (Å²) in [5, 5.41) is 4.13. The molecule has 0 aromatic carbocycles. The van der Waals surface area contributed by atoms with E-state index in [0.29, 0.717) is 22.5 Å². The van der Waals surface area contributed by atoms with Crippen molar-refractivity contribution in [2.75, 3.05) is 10.7 Å². The van der Waals surface area contributed by atoms with Crippen molar-refractivity contribution in [2.45, 2.75) is 256 Å². The van der Waals surface area contributed by atoms with Crippen LogP contribution in [0.2, 0.25) is 0 Å². The van der Waals surface area contributed by atoms with E-state index in [0.717, 1.165) is 0 Å². The van der Waals surface area contributed by atoms with Gasteiger partial charge >= 0.3 is 5.97 Å². The molecule has 3 fully saturated rings. The number of nitrogens with two attached hydrogens (primary N) is 1. The Kier molecular flexibility index (Phi) is 37.4. The average molecular weight is 920 g/mol. The first kappa shape index (κ1) is 53.0. The smallest absolute Gasteiger partial charge is 0.343 e. The summed E-state index contributed by atoms with van der Waals surface area (Å²) >= 11 is 6.11. The quantitative estimate of drug-likeness (QED) is 0.214. The molecule has 3 amide bonds. The predicted octanol–water partition coefficient (Wildman–Crippen LogP) is 13.2. The molecule has 56 heavy (non-hydrogen) atoms. The van der Waals surface area contributed by atoms with Gasteiger partial charge < -0.3 is 15.9 Å². The standard InChI is InChI=1S/C21H40BrNO.C19H39N.C6H6BrNO4/c22-19-21(24)23-20-17-15-13-11-9-7-5-3-1-2-4-6-8-10-12-14-16-18-20;20-19-17-15-13-11-9-7-5-3-1-2-4-6-8-10-12-14-16-18-19;7-3-6(11)12-8-4(9)1-2-5(8)10/h20H,1-19H2,(H,23,24);19H,1-18,20H2;1-3H2. The van der Waals surface area contributed by atoms with Gasteiger partial charge in [-0.3, -0.25) is 14.4 Å². The fourth-order valence-electron chi connectivity index (χ4n) is 8.03. The van der Waals surface area contributed by atoms with Crippen LogP contribution in [0.1, 0.15) is 244 Å². The molecular weight excluding hydrogens is 834 g/mol. The maximum atomic E-state index is 11.7. The Bertz CT molecular complexity index is 915. The molecular formula is C46H85Br2N3O5. The zero-order valence-corrected chi connectivity index (χ0v) is 38.9. The predicted molar refractivity (Wildman–Crippen MR) is 241 cm³/mol. The van der Waals surface area contributed by atoms with E-state index in [-0.39, 0.29) is 24.1 Å². The van der Waals surface area contributed by atoms with Gasteiger partial charge in [0.15, 0.2) is 0 Å². The van der Waals surface area contributed by atoms with Crippen molar-refractivity contribution in [3.05, 3.63) is 0 Å². The summed E-state index contributed by atoms with van der Waals surface area (Å²) in [6, 6.07) is 0.884. The molecule has 0 unspecified atom stereocenters. The van der Waals surface area contributed by atoms with Crippen molar-refractivity contribution in [3.63, 3.8) is 0 Å². The molecule has 0 spiro atoms. The van der Waals surface area contributed by atoms with Crippen LogP contribution >= 0.6 is 31.9 Å². The highest BCUT2D eigenvalue weighted by Gasteiger charge is 2.32. The number of carbonyl (C=O) groups is 4. The Morgan fingerprint density at radius 3 is 1.02 bits per heavy atom. The number of amides is 3. The molecule has 1 saturated heterocycles. The topological polar surface area (TPSA) is 119 Å². The summed E-state index contributed by atoms with van der Waals surface area (Å²) in [5.74, 6) is -1.43. The van der Waals surface area contributed by atoms with Crippen LogP contribution < -0.4 is 11.1 Å². The van der Waals surface area contributed by atoms with Gasteiger partial charge in [0.1, 0.15) is 5.33 Å². The Labute approximate surface area is 360 Å². The van der Waals surface area contributed by atoms with Gasteiger partial charge in [0.25, 0.3) is 11.8 Å². The third-order valence-corrected chi connectivity index (χ3v) is 12.5. The lowest BCUT2D eigenvalue weighted by Crippen LogP contribution is -2.35. The molecule has 8 nitrogen and oxygen atoms in total. The number of halogens is 2. The number of carbonyl (C=O) groups excluding carboxylic acids is 4. The molecule has 3 N–H and O–H groups in total. The van der Waals surface area contributed by atoms with Crippen molar-refractivity contribution in [1.82, 2.24) is 10.4 Å². The average Bonchev–Trinajstić information content (AvgIpc) is 3.51. The highest BCUT2D eigenvalue weighted by atomic mass is 79.9. The number of alkyl halides is 2. The molecule has 0 aromatic rings. The molecule has 3 aliphatic rings. The van der Waals surface area contributed by atoms with Gasteiger partial charge in [-0.25, -0.2) is 4.79 Å². The Morgan fingerprint density at radius 1 is 0.482 bits per heavy atom. The number of hydrogen-bond donors (Lipinski definition) is 2. The number of imide groups is 1. The third-order valence-electron chi connectivity index (χ3n) is 11.5. The van der Waals surface area contributed by atoms with E-state index in [1.807, 2.05) is 0 Å². The molecule has 0 bridgehead atoms. The van der Waals surface area contributed by atoms with E-state index in [4.69, 9.17) is 5.73 Å². The third kappa shape index (κ3) is 32.9. The number of nitrogens with one attached hydrogen (secondary N) is 1. The fraction of sp³-hybridized carbons (Fsp3) is 0.913. The molecule has 10 heteroatoms. The van der Waals surface area contributed by atoms with Gasteiger partial charge in [-0.15, -0.1) is 5.06 Å². The minimum absolute atomic E-state index is 0.0376. The van der Waals surface area contributed by atoms with Crippen LogP contribution in [0.5, 0.6) is 0 Å². The van der Waals surface area contributed by atoms with Gasteiger partial charge in [0, 0.05) is 24.9 Å². The van der Waals surface area contributed by atoms with E-state index < -0.39 is 17.8 Å². The second kappa shape index (κ2) is 39.5. The highest BCUT2D eigenvalue weighted by Crippen LogP contribution is 2.19. The minimum Gasteiger partial charge on any atom is -0.353 e. The molecule has 0 radical (unpaired) electrons. The van der Waals surface area contributed by atoms with Gasteiger partial charge in [-0.1, -0.05) is 237 Å². The highest BCUT2D eigenvalue weighted by molar-refractivity contribution is 9.09. The number of rotatable bonds is 4. The molecule has 328 valence electrons. The van der Waals surface area contributed by atoms with Gasteiger partial charge in [-0.05, 0) is 25.7 Å². The minimum atomic E-state index is -0.654. The van der Waals surface area contributed by atoms with Crippen LogP contribution in [0, 0.1) is 0 Å². The summed E-state index contributed by atoms with van der Waals surface area (Å²) in [5.41, 5.74) is 6.21. The van der Waals surface area contributed by atoms with Crippen molar-refractivity contribution in [3.8, 4) is 0 Å². The lowest BCUT2D eigenvalue weighted by Gasteiger charge is -2.18. The Hall–Kier alpha value is -1.00. The Balaban J connectivity index is 0.000000442. The van der Waals surface area contributed by atoms with Gasteiger partial charge in [0.05, 0.1) is 5.33 Å². The van der Waals surface area contributed by atoms with E-state index in [2.05, 4.69) is 42.0 Å².